The van der Waals surface area contributed by atoms with Crippen molar-refractivity contribution in [3.63, 3.8) is 0 Å². The molecule has 3 aliphatic rings. The van der Waals surface area contributed by atoms with Crippen LogP contribution in [-0.2, 0) is 19.8 Å². The van der Waals surface area contributed by atoms with Gasteiger partial charge in [0.25, 0.3) is 0 Å². The molecule has 1 aromatic rings. The zero-order valence-electron chi connectivity index (χ0n) is 12.7. The number of hydrogen-bond acceptors (Lipinski definition) is 3. The number of nitrogens with one attached hydrogen (secondary N) is 2. The van der Waals surface area contributed by atoms with Crippen molar-refractivity contribution in [2.24, 2.45) is 5.92 Å². The number of halogens is 2. The molecule has 1 unspecified atom stereocenters. The van der Waals surface area contributed by atoms with Gasteiger partial charge in [-0.15, -0.1) is 0 Å². The van der Waals surface area contributed by atoms with E-state index in [4.69, 9.17) is 23.2 Å². The van der Waals surface area contributed by atoms with Crippen molar-refractivity contribution in [3.8, 4) is 0 Å². The standard InChI is InChI=1S/C16H15Cl2N3O3/c17-10-4-9-12(5-11(10)18)20-15(24)16(9)1-2-21(7-16)14(23)8-3-13(22)19-6-8/h4-5,8H,1-3,6-7H2,(H,19,22)(H,20,24)/t8?,16-/m1/s1. The minimum atomic E-state index is -0.782. The van der Waals surface area contributed by atoms with Gasteiger partial charge in [-0.1, -0.05) is 23.2 Å². The molecule has 0 bridgehead atoms. The van der Waals surface area contributed by atoms with E-state index < -0.39 is 5.41 Å². The summed E-state index contributed by atoms with van der Waals surface area (Å²) in [5.41, 5.74) is 0.661. The molecule has 1 aromatic carbocycles. The van der Waals surface area contributed by atoms with Crippen LogP contribution in [0.1, 0.15) is 18.4 Å². The average molecular weight is 368 g/mol. The number of amides is 3. The van der Waals surface area contributed by atoms with E-state index in [1.807, 2.05) is 0 Å². The van der Waals surface area contributed by atoms with E-state index in [1.54, 1.807) is 17.0 Å². The first-order chi connectivity index (χ1) is 11.4. The van der Waals surface area contributed by atoms with E-state index in [-0.39, 0.29) is 30.1 Å². The lowest BCUT2D eigenvalue weighted by Crippen LogP contribution is -2.41. The summed E-state index contributed by atoms with van der Waals surface area (Å²) in [6.45, 7) is 1.15. The zero-order valence-corrected chi connectivity index (χ0v) is 14.2. The van der Waals surface area contributed by atoms with Gasteiger partial charge < -0.3 is 15.5 Å². The molecule has 3 amide bonds. The van der Waals surface area contributed by atoms with Crippen molar-refractivity contribution in [1.29, 1.82) is 0 Å². The van der Waals surface area contributed by atoms with Crippen LogP contribution >= 0.6 is 23.2 Å². The fourth-order valence-electron chi connectivity index (χ4n) is 3.85. The van der Waals surface area contributed by atoms with Gasteiger partial charge in [0.1, 0.15) is 0 Å². The highest BCUT2D eigenvalue weighted by Crippen LogP contribution is 2.47. The molecule has 0 aromatic heterocycles. The smallest absolute Gasteiger partial charge is 0.237 e. The van der Waals surface area contributed by atoms with Gasteiger partial charge in [-0.05, 0) is 24.1 Å². The third-order valence-electron chi connectivity index (χ3n) is 5.17. The first-order valence-corrected chi connectivity index (χ1v) is 8.53. The summed E-state index contributed by atoms with van der Waals surface area (Å²) < 4.78 is 0. The Morgan fingerprint density at radius 3 is 2.71 bits per heavy atom. The first-order valence-electron chi connectivity index (χ1n) is 7.77. The van der Waals surface area contributed by atoms with Crippen LogP contribution in [0.15, 0.2) is 12.1 Å². The SMILES string of the molecule is O=C1CC(C(=O)N2CC[C@]3(C2)C(=O)Nc2cc(Cl)c(Cl)cc23)CN1. The van der Waals surface area contributed by atoms with E-state index in [0.717, 1.165) is 5.56 Å². The average Bonchev–Trinajstić information content (AvgIpc) is 3.22. The Bertz CT molecular complexity index is 782. The summed E-state index contributed by atoms with van der Waals surface area (Å²) in [7, 11) is 0. The molecule has 2 N–H and O–H groups in total. The van der Waals surface area contributed by atoms with Crippen molar-refractivity contribution < 1.29 is 14.4 Å². The number of rotatable bonds is 1. The van der Waals surface area contributed by atoms with Crippen LogP contribution < -0.4 is 10.6 Å². The lowest BCUT2D eigenvalue weighted by molar-refractivity contribution is -0.135. The van der Waals surface area contributed by atoms with Gasteiger partial charge in [-0.2, -0.15) is 0 Å². The second-order valence-corrected chi connectivity index (χ2v) is 7.38. The number of nitrogens with zero attached hydrogens (tertiary/aromatic N) is 1. The number of carbonyl (C=O) groups is 3. The van der Waals surface area contributed by atoms with Crippen LogP contribution in [0, 0.1) is 5.92 Å². The van der Waals surface area contributed by atoms with Crippen LogP contribution in [0.5, 0.6) is 0 Å². The Labute approximate surface area is 148 Å². The highest BCUT2D eigenvalue weighted by atomic mass is 35.5. The molecule has 2 fully saturated rings. The monoisotopic (exact) mass is 367 g/mol. The summed E-state index contributed by atoms with van der Waals surface area (Å²) in [4.78, 5) is 38.3. The number of carbonyl (C=O) groups excluding carboxylic acids is 3. The summed E-state index contributed by atoms with van der Waals surface area (Å²) in [5, 5.41) is 6.30. The second kappa shape index (κ2) is 5.36. The second-order valence-electron chi connectivity index (χ2n) is 6.56. The topological polar surface area (TPSA) is 78.5 Å². The largest absolute Gasteiger partial charge is 0.355 e. The number of fused-ring (bicyclic) bond motifs is 2. The summed E-state index contributed by atoms with van der Waals surface area (Å²) in [6, 6.07) is 3.36. The van der Waals surface area contributed by atoms with E-state index >= 15 is 0 Å². The maximum Gasteiger partial charge on any atom is 0.237 e. The molecule has 0 aliphatic carbocycles. The molecule has 0 radical (unpaired) electrons. The molecule has 3 heterocycles. The molecule has 0 saturated carbocycles. The molecular formula is C16H15Cl2N3O3. The highest BCUT2D eigenvalue weighted by Gasteiger charge is 2.53. The quantitative estimate of drug-likeness (QED) is 0.790. The highest BCUT2D eigenvalue weighted by molar-refractivity contribution is 6.42. The van der Waals surface area contributed by atoms with Crippen LogP contribution in [0.2, 0.25) is 10.0 Å². The van der Waals surface area contributed by atoms with Gasteiger partial charge in [0, 0.05) is 31.7 Å². The van der Waals surface area contributed by atoms with E-state index in [2.05, 4.69) is 10.6 Å². The number of anilines is 1. The van der Waals surface area contributed by atoms with Crippen molar-refractivity contribution in [3.05, 3.63) is 27.7 Å². The number of likely N-dealkylation sites (tertiary alicyclic amines) is 1. The molecule has 1 spiro atoms. The van der Waals surface area contributed by atoms with Crippen molar-refractivity contribution in [1.82, 2.24) is 10.2 Å². The van der Waals surface area contributed by atoms with Crippen LogP contribution in [0.3, 0.4) is 0 Å². The van der Waals surface area contributed by atoms with Gasteiger partial charge in [0.05, 0.1) is 21.4 Å². The summed E-state index contributed by atoms with van der Waals surface area (Å²) in [6.07, 6.45) is 0.746. The summed E-state index contributed by atoms with van der Waals surface area (Å²) in [5.74, 6) is -0.656. The van der Waals surface area contributed by atoms with Gasteiger partial charge in [-0.3, -0.25) is 14.4 Å². The van der Waals surface area contributed by atoms with Gasteiger partial charge in [0.15, 0.2) is 0 Å². The zero-order chi connectivity index (χ0) is 17.1. The molecule has 4 rings (SSSR count). The van der Waals surface area contributed by atoms with Crippen LogP contribution in [0.25, 0.3) is 0 Å². The Morgan fingerprint density at radius 2 is 2.00 bits per heavy atom. The van der Waals surface area contributed by atoms with Gasteiger partial charge >= 0.3 is 0 Å². The maximum absolute atomic E-state index is 12.6. The molecule has 8 heteroatoms. The van der Waals surface area contributed by atoms with Crippen LogP contribution in [-0.4, -0.2) is 42.3 Å². The van der Waals surface area contributed by atoms with Gasteiger partial charge in [-0.25, -0.2) is 0 Å². The Morgan fingerprint density at radius 1 is 1.25 bits per heavy atom. The van der Waals surface area contributed by atoms with Crippen molar-refractivity contribution in [2.75, 3.05) is 25.0 Å². The fraction of sp³-hybridized carbons (Fsp3) is 0.438. The minimum Gasteiger partial charge on any atom is -0.355 e. The van der Waals surface area contributed by atoms with E-state index in [0.29, 0.717) is 41.8 Å². The normalized spacial score (nSPS) is 28.2. The lowest BCUT2D eigenvalue weighted by Gasteiger charge is -2.24. The Kier molecular flexibility index (Phi) is 3.51. The predicted octanol–water partition coefficient (Wildman–Crippen LogP) is 1.55. The van der Waals surface area contributed by atoms with Crippen molar-refractivity contribution >= 4 is 46.6 Å². The molecule has 3 aliphatic heterocycles. The molecule has 126 valence electrons. The molecule has 6 nitrogen and oxygen atoms in total. The van der Waals surface area contributed by atoms with E-state index in [9.17, 15) is 14.4 Å². The first kappa shape index (κ1) is 15.7. The molecule has 2 atom stereocenters. The Balaban J connectivity index is 1.62. The van der Waals surface area contributed by atoms with Crippen LogP contribution in [0.4, 0.5) is 5.69 Å². The molecule has 24 heavy (non-hydrogen) atoms. The molecular weight excluding hydrogens is 353 g/mol. The third kappa shape index (κ3) is 2.20. The molecule has 2 saturated heterocycles. The maximum atomic E-state index is 12.6. The van der Waals surface area contributed by atoms with Crippen molar-refractivity contribution in [2.45, 2.75) is 18.3 Å². The summed E-state index contributed by atoms with van der Waals surface area (Å²) >= 11 is 12.2. The third-order valence-corrected chi connectivity index (χ3v) is 5.89. The van der Waals surface area contributed by atoms with Gasteiger partial charge in [0.2, 0.25) is 17.7 Å². The predicted molar refractivity (Wildman–Crippen MR) is 89.1 cm³/mol. The fourth-order valence-corrected chi connectivity index (χ4v) is 4.18. The Hall–Kier alpha value is -1.79. The lowest BCUT2D eigenvalue weighted by atomic mass is 9.81. The number of benzene rings is 1. The van der Waals surface area contributed by atoms with E-state index in [1.165, 1.54) is 0 Å². The number of hydrogen-bond donors (Lipinski definition) is 2. The minimum absolute atomic E-state index is 0.0773.